The van der Waals surface area contributed by atoms with Crippen LogP contribution in [-0.4, -0.2) is 45.6 Å². The number of thiazole rings is 1. The number of aliphatic carboxylic acids is 1. The maximum Gasteiger partial charge on any atom is 0.327 e. The molecule has 0 aliphatic heterocycles. The van der Waals surface area contributed by atoms with Gasteiger partial charge in [0.25, 0.3) is 0 Å². The van der Waals surface area contributed by atoms with Gasteiger partial charge in [-0.25, -0.2) is 14.6 Å². The van der Waals surface area contributed by atoms with Gasteiger partial charge in [0.15, 0.2) is 10.9 Å². The lowest BCUT2D eigenvalue weighted by molar-refractivity contribution is -0.140. The fourth-order valence-corrected chi connectivity index (χ4v) is 5.50. The molecule has 4 N–H and O–H groups in total. The van der Waals surface area contributed by atoms with Gasteiger partial charge in [0, 0.05) is 24.2 Å². The molecule has 0 bridgehead atoms. The Labute approximate surface area is 199 Å². The van der Waals surface area contributed by atoms with Gasteiger partial charge in [0.2, 0.25) is 5.91 Å². The van der Waals surface area contributed by atoms with E-state index in [0.717, 1.165) is 31.2 Å². The van der Waals surface area contributed by atoms with Gasteiger partial charge in [-0.3, -0.25) is 14.9 Å². The van der Waals surface area contributed by atoms with Crippen molar-refractivity contribution in [3.8, 4) is 0 Å². The Bertz CT molecular complexity index is 1050. The average molecular weight is 491 g/mol. The molecule has 1 saturated carbocycles. The molecule has 1 aromatic heterocycles. The number of nitrogens with zero attached hydrogens (tertiary/aromatic N) is 1. The van der Waals surface area contributed by atoms with E-state index in [1.54, 1.807) is 6.07 Å². The van der Waals surface area contributed by atoms with Crippen LogP contribution in [-0.2, 0) is 9.59 Å². The second kappa shape index (κ2) is 11.3. The van der Waals surface area contributed by atoms with Crippen LogP contribution in [0.1, 0.15) is 48.5 Å². The van der Waals surface area contributed by atoms with Gasteiger partial charge in [-0.2, -0.15) is 0 Å². The van der Waals surface area contributed by atoms with Crippen LogP contribution >= 0.6 is 23.1 Å². The summed E-state index contributed by atoms with van der Waals surface area (Å²) >= 11 is 2.40. The SMILES string of the molecule is CC(=O)NC(CSc1cnc(NC(=O)Nc2ccc(C)cc2C(=O)C2CCCC2)s1)C(=O)O. The summed E-state index contributed by atoms with van der Waals surface area (Å²) in [6.45, 7) is 3.17. The van der Waals surface area contributed by atoms with E-state index >= 15 is 0 Å². The Hall–Kier alpha value is -2.92. The number of carbonyl (C=O) groups is 4. The lowest BCUT2D eigenvalue weighted by Gasteiger charge is -2.14. The van der Waals surface area contributed by atoms with E-state index in [1.807, 2.05) is 19.1 Å². The zero-order valence-corrected chi connectivity index (χ0v) is 20.0. The normalized spacial score (nSPS) is 14.5. The Morgan fingerprint density at radius 2 is 1.94 bits per heavy atom. The van der Waals surface area contributed by atoms with Crippen molar-refractivity contribution in [3.05, 3.63) is 35.5 Å². The minimum atomic E-state index is -1.12. The zero-order valence-electron chi connectivity index (χ0n) is 18.3. The van der Waals surface area contributed by atoms with Gasteiger partial charge < -0.3 is 15.7 Å². The number of carbonyl (C=O) groups excluding carboxylic acids is 3. The Kier molecular flexibility index (Phi) is 8.45. The Morgan fingerprint density at radius 3 is 2.61 bits per heavy atom. The molecule has 0 spiro atoms. The van der Waals surface area contributed by atoms with Crippen molar-refractivity contribution in [2.24, 2.45) is 5.92 Å². The average Bonchev–Trinajstić information content (AvgIpc) is 3.44. The summed E-state index contributed by atoms with van der Waals surface area (Å²) < 4.78 is 0.689. The van der Waals surface area contributed by atoms with Crippen LogP contribution in [0.5, 0.6) is 0 Å². The second-order valence-corrected chi connectivity index (χ2v) is 10.2. The fourth-order valence-electron chi connectivity index (χ4n) is 3.60. The molecule has 0 saturated heterocycles. The molecular weight excluding hydrogens is 464 g/mol. The van der Waals surface area contributed by atoms with E-state index < -0.39 is 23.9 Å². The molecule has 11 heteroatoms. The summed E-state index contributed by atoms with van der Waals surface area (Å²) in [4.78, 5) is 52.0. The van der Waals surface area contributed by atoms with Crippen molar-refractivity contribution in [1.29, 1.82) is 0 Å². The highest BCUT2D eigenvalue weighted by Gasteiger charge is 2.26. The number of benzene rings is 1. The minimum Gasteiger partial charge on any atom is -0.480 e. The lowest BCUT2D eigenvalue weighted by atomic mass is 9.94. The molecule has 9 nitrogen and oxygen atoms in total. The first-order chi connectivity index (χ1) is 15.7. The number of ketones is 1. The number of carboxylic acid groups (broad SMARTS) is 1. The first kappa shape index (κ1) is 24.7. The molecule has 2 aromatic rings. The van der Waals surface area contributed by atoms with Crippen LogP contribution in [0, 0.1) is 12.8 Å². The highest BCUT2D eigenvalue weighted by Crippen LogP contribution is 2.32. The first-order valence-corrected chi connectivity index (χ1v) is 12.3. The molecule has 3 amide bonds. The lowest BCUT2D eigenvalue weighted by Crippen LogP contribution is -2.41. The van der Waals surface area contributed by atoms with Crippen LogP contribution < -0.4 is 16.0 Å². The summed E-state index contributed by atoms with van der Waals surface area (Å²) in [5, 5.41) is 17.3. The smallest absolute Gasteiger partial charge is 0.327 e. The maximum atomic E-state index is 13.0. The quantitative estimate of drug-likeness (QED) is 0.306. The standard InChI is InChI=1S/C22H26N4O5S2/c1-12-7-8-16(15(9-12)19(28)14-5-3-4-6-14)25-21(31)26-22-23-10-18(33-22)32-11-17(20(29)30)24-13(2)27/h7-10,14,17H,3-6,11H2,1-2H3,(H,24,27)(H,29,30)(H2,23,25,26,31). The largest absolute Gasteiger partial charge is 0.480 e. The van der Waals surface area contributed by atoms with Gasteiger partial charge in [-0.05, 0) is 31.9 Å². The molecule has 1 aromatic carbocycles. The predicted molar refractivity (Wildman–Crippen MR) is 128 cm³/mol. The summed E-state index contributed by atoms with van der Waals surface area (Å²) in [5.41, 5.74) is 1.92. The first-order valence-electron chi connectivity index (χ1n) is 10.5. The number of aromatic nitrogens is 1. The molecule has 1 aliphatic rings. The highest BCUT2D eigenvalue weighted by atomic mass is 32.2. The number of amides is 3. The molecule has 1 atom stereocenters. The third-order valence-electron chi connectivity index (χ3n) is 5.19. The fraction of sp³-hybridized carbons (Fsp3) is 0.409. The van der Waals surface area contributed by atoms with E-state index in [0.29, 0.717) is 20.6 Å². The molecule has 1 aliphatic carbocycles. The Balaban J connectivity index is 1.60. The van der Waals surface area contributed by atoms with Gasteiger partial charge in [-0.15, -0.1) is 11.8 Å². The van der Waals surface area contributed by atoms with Gasteiger partial charge in [-0.1, -0.05) is 35.8 Å². The second-order valence-electron chi connectivity index (χ2n) is 7.86. The van der Waals surface area contributed by atoms with Crippen LogP contribution in [0.3, 0.4) is 0 Å². The highest BCUT2D eigenvalue weighted by molar-refractivity contribution is 8.01. The summed E-state index contributed by atoms with van der Waals surface area (Å²) in [7, 11) is 0. The molecule has 33 heavy (non-hydrogen) atoms. The van der Waals surface area contributed by atoms with Crippen LogP contribution in [0.2, 0.25) is 0 Å². The monoisotopic (exact) mass is 490 g/mol. The summed E-state index contributed by atoms with van der Waals surface area (Å²) in [6.07, 6.45) is 5.38. The van der Waals surface area contributed by atoms with Crippen molar-refractivity contribution < 1.29 is 24.3 Å². The van der Waals surface area contributed by atoms with Crippen molar-refractivity contribution in [1.82, 2.24) is 10.3 Å². The topological polar surface area (TPSA) is 137 Å². The number of urea groups is 1. The molecule has 1 heterocycles. The number of carboxylic acids is 1. The van der Waals surface area contributed by atoms with Crippen LogP contribution in [0.4, 0.5) is 15.6 Å². The number of hydrogen-bond acceptors (Lipinski definition) is 7. The van der Waals surface area contributed by atoms with E-state index in [1.165, 1.54) is 36.2 Å². The predicted octanol–water partition coefficient (Wildman–Crippen LogP) is 4.15. The molecule has 3 rings (SSSR count). The van der Waals surface area contributed by atoms with Crippen LogP contribution in [0.15, 0.2) is 28.6 Å². The third kappa shape index (κ3) is 7.03. The van der Waals surface area contributed by atoms with Crippen molar-refractivity contribution in [2.75, 3.05) is 16.4 Å². The van der Waals surface area contributed by atoms with Crippen molar-refractivity contribution in [2.45, 2.75) is 49.8 Å². The van der Waals surface area contributed by atoms with E-state index in [9.17, 15) is 24.3 Å². The number of anilines is 2. The summed E-state index contributed by atoms with van der Waals surface area (Å²) in [5.74, 6) is -1.36. The molecular formula is C22H26N4O5S2. The summed E-state index contributed by atoms with van der Waals surface area (Å²) in [6, 6.07) is 3.84. The zero-order chi connectivity index (χ0) is 24.0. The number of hydrogen-bond donors (Lipinski definition) is 4. The van der Waals surface area contributed by atoms with E-state index in [2.05, 4.69) is 20.9 Å². The third-order valence-corrected chi connectivity index (χ3v) is 7.39. The van der Waals surface area contributed by atoms with E-state index in [-0.39, 0.29) is 17.5 Å². The minimum absolute atomic E-state index is 0.000997. The van der Waals surface area contributed by atoms with E-state index in [4.69, 9.17) is 0 Å². The number of thioether (sulfide) groups is 1. The molecule has 0 radical (unpaired) electrons. The number of rotatable bonds is 9. The van der Waals surface area contributed by atoms with Gasteiger partial charge in [0.1, 0.15) is 6.04 Å². The maximum absolute atomic E-state index is 13.0. The molecule has 1 unspecified atom stereocenters. The van der Waals surface area contributed by atoms with Crippen molar-refractivity contribution >= 4 is 57.6 Å². The van der Waals surface area contributed by atoms with Crippen LogP contribution in [0.25, 0.3) is 0 Å². The molecule has 176 valence electrons. The number of nitrogens with one attached hydrogen (secondary N) is 3. The number of aryl methyl sites for hydroxylation is 1. The van der Waals surface area contributed by atoms with Crippen molar-refractivity contribution in [3.63, 3.8) is 0 Å². The number of Topliss-reactive ketones (excluding diaryl/α,β-unsaturated/α-hetero) is 1. The Morgan fingerprint density at radius 1 is 1.21 bits per heavy atom. The van der Waals surface area contributed by atoms with Gasteiger partial charge >= 0.3 is 12.0 Å². The van der Waals surface area contributed by atoms with Gasteiger partial charge in [0.05, 0.1) is 16.1 Å². The molecule has 1 fully saturated rings.